The van der Waals surface area contributed by atoms with Crippen LogP contribution in [-0.4, -0.2) is 20.2 Å². The van der Waals surface area contributed by atoms with Crippen LogP contribution in [0.25, 0.3) is 11.0 Å². The summed E-state index contributed by atoms with van der Waals surface area (Å²) in [5.74, 6) is 0.578. The Labute approximate surface area is 75.3 Å². The van der Waals surface area contributed by atoms with Gasteiger partial charge < -0.3 is 4.98 Å². The minimum Gasteiger partial charge on any atom is -0.309 e. The molecule has 12 heavy (non-hydrogen) atoms. The molecule has 0 spiro atoms. The van der Waals surface area contributed by atoms with E-state index in [1.54, 1.807) is 6.92 Å². The van der Waals surface area contributed by atoms with Crippen LogP contribution in [0, 0.1) is 6.92 Å². The van der Waals surface area contributed by atoms with E-state index in [2.05, 4.69) is 36.1 Å². The summed E-state index contributed by atoms with van der Waals surface area (Å²) in [4.78, 5) is 17.9. The molecule has 2 N–H and O–H groups in total. The van der Waals surface area contributed by atoms with Gasteiger partial charge in [-0.05, 0) is 22.9 Å². The molecule has 2 aromatic rings. The van der Waals surface area contributed by atoms with Crippen molar-refractivity contribution in [1.29, 1.82) is 0 Å². The summed E-state index contributed by atoms with van der Waals surface area (Å²) in [5, 5.41) is 6.41. The van der Waals surface area contributed by atoms with Gasteiger partial charge in [-0.1, -0.05) is 0 Å². The Balaban J connectivity index is 3.03. The zero-order chi connectivity index (χ0) is 8.72. The minimum atomic E-state index is -0.223. The molecule has 0 unspecified atom stereocenters. The van der Waals surface area contributed by atoms with Gasteiger partial charge in [0.1, 0.15) is 15.9 Å². The molecular formula is C6H5BrN4O. The lowest BCUT2D eigenvalue weighted by Crippen LogP contribution is -2.09. The predicted molar refractivity (Wildman–Crippen MR) is 46.9 cm³/mol. The van der Waals surface area contributed by atoms with Crippen LogP contribution in [0.3, 0.4) is 0 Å². The lowest BCUT2D eigenvalue weighted by atomic mass is 10.4. The van der Waals surface area contributed by atoms with Gasteiger partial charge in [0.05, 0.1) is 0 Å². The monoisotopic (exact) mass is 228 g/mol. The van der Waals surface area contributed by atoms with Crippen LogP contribution in [0.4, 0.5) is 0 Å². The van der Waals surface area contributed by atoms with Gasteiger partial charge in [0.15, 0.2) is 5.52 Å². The first-order valence-corrected chi connectivity index (χ1v) is 4.08. The van der Waals surface area contributed by atoms with Crippen LogP contribution >= 0.6 is 15.9 Å². The molecule has 0 aromatic carbocycles. The highest BCUT2D eigenvalue weighted by molar-refractivity contribution is 9.10. The summed E-state index contributed by atoms with van der Waals surface area (Å²) < 4.78 is 0.631. The maximum Gasteiger partial charge on any atom is 0.279 e. The highest BCUT2D eigenvalue weighted by Crippen LogP contribution is 2.14. The third-order valence-corrected chi connectivity index (χ3v) is 2.04. The topological polar surface area (TPSA) is 74.4 Å². The molecule has 0 radical (unpaired) electrons. The largest absolute Gasteiger partial charge is 0.309 e. The second-order valence-electron chi connectivity index (χ2n) is 2.39. The second-order valence-corrected chi connectivity index (χ2v) is 3.18. The zero-order valence-electron chi connectivity index (χ0n) is 6.18. The molecule has 0 atom stereocenters. The molecule has 6 heteroatoms. The van der Waals surface area contributed by atoms with E-state index in [4.69, 9.17) is 0 Å². The third kappa shape index (κ3) is 0.953. The van der Waals surface area contributed by atoms with Crippen molar-refractivity contribution in [2.45, 2.75) is 6.92 Å². The molecule has 62 valence electrons. The first-order valence-electron chi connectivity index (χ1n) is 3.29. The van der Waals surface area contributed by atoms with E-state index in [1.165, 1.54) is 0 Å². The van der Waals surface area contributed by atoms with E-state index in [0.29, 0.717) is 21.5 Å². The molecule has 0 aliphatic heterocycles. The van der Waals surface area contributed by atoms with Gasteiger partial charge in [-0.2, -0.15) is 5.10 Å². The maximum atomic E-state index is 11.2. The van der Waals surface area contributed by atoms with Crippen molar-refractivity contribution in [2.75, 3.05) is 0 Å². The molecule has 0 saturated carbocycles. The number of halogens is 1. The van der Waals surface area contributed by atoms with Crippen LogP contribution in [0.15, 0.2) is 9.40 Å². The number of nitrogens with zero attached hydrogens (tertiary/aromatic N) is 2. The van der Waals surface area contributed by atoms with Crippen LogP contribution in [0.1, 0.15) is 5.82 Å². The number of nitrogens with one attached hydrogen (secondary N) is 2. The first kappa shape index (κ1) is 7.48. The van der Waals surface area contributed by atoms with Crippen LogP contribution < -0.4 is 5.56 Å². The Morgan fingerprint density at radius 2 is 2.17 bits per heavy atom. The molecular weight excluding hydrogens is 224 g/mol. The molecule has 5 nitrogen and oxygen atoms in total. The standard InChI is InChI=1S/C6H5BrN4O/c1-2-8-3-4(6(12)9-2)10-11-5(3)7/h1H3,(H,10,11)(H,8,9,12). The summed E-state index contributed by atoms with van der Waals surface area (Å²) in [6, 6.07) is 0. The Morgan fingerprint density at radius 3 is 2.92 bits per heavy atom. The molecule has 0 bridgehead atoms. The number of aryl methyl sites for hydroxylation is 1. The van der Waals surface area contributed by atoms with Crippen LogP contribution in [0.5, 0.6) is 0 Å². The Morgan fingerprint density at radius 1 is 1.42 bits per heavy atom. The SMILES string of the molecule is Cc1nc2c(Br)[nH]nc2c(=O)[nH]1. The van der Waals surface area contributed by atoms with Gasteiger partial charge in [-0.25, -0.2) is 4.98 Å². The van der Waals surface area contributed by atoms with Crippen molar-refractivity contribution in [2.24, 2.45) is 0 Å². The van der Waals surface area contributed by atoms with E-state index in [9.17, 15) is 4.79 Å². The van der Waals surface area contributed by atoms with Crippen molar-refractivity contribution in [3.8, 4) is 0 Å². The summed E-state index contributed by atoms with van der Waals surface area (Å²) in [6.45, 7) is 1.72. The van der Waals surface area contributed by atoms with Crippen molar-refractivity contribution in [3.63, 3.8) is 0 Å². The fraction of sp³-hybridized carbons (Fsp3) is 0.167. The summed E-state index contributed by atoms with van der Waals surface area (Å²) in [6.07, 6.45) is 0. The highest BCUT2D eigenvalue weighted by Gasteiger charge is 2.07. The Kier molecular flexibility index (Phi) is 1.50. The smallest absolute Gasteiger partial charge is 0.279 e. The van der Waals surface area contributed by atoms with Gasteiger partial charge in [-0.3, -0.25) is 9.89 Å². The van der Waals surface area contributed by atoms with Crippen molar-refractivity contribution < 1.29 is 0 Å². The van der Waals surface area contributed by atoms with Gasteiger partial charge in [0, 0.05) is 0 Å². The average Bonchev–Trinajstić information content (AvgIpc) is 2.33. The van der Waals surface area contributed by atoms with Gasteiger partial charge >= 0.3 is 0 Å². The number of rotatable bonds is 0. The number of aromatic amines is 2. The molecule has 2 aromatic heterocycles. The van der Waals surface area contributed by atoms with Crippen molar-refractivity contribution in [1.82, 2.24) is 20.2 Å². The second kappa shape index (κ2) is 2.41. The third-order valence-electron chi connectivity index (χ3n) is 1.49. The van der Waals surface area contributed by atoms with E-state index in [1.807, 2.05) is 0 Å². The minimum absolute atomic E-state index is 0.223. The average molecular weight is 229 g/mol. The number of hydrogen-bond acceptors (Lipinski definition) is 3. The molecule has 2 heterocycles. The molecule has 0 amide bonds. The van der Waals surface area contributed by atoms with E-state index in [-0.39, 0.29) is 5.56 Å². The summed E-state index contributed by atoms with van der Waals surface area (Å²) in [7, 11) is 0. The molecule has 0 saturated heterocycles. The van der Waals surface area contributed by atoms with E-state index in [0.717, 1.165) is 0 Å². The molecule has 0 aliphatic rings. The quantitative estimate of drug-likeness (QED) is 0.698. The first-order chi connectivity index (χ1) is 5.68. The molecule has 2 rings (SSSR count). The number of H-pyrrole nitrogens is 2. The molecule has 0 aliphatic carbocycles. The number of fused-ring (bicyclic) bond motifs is 1. The lowest BCUT2D eigenvalue weighted by Gasteiger charge is -1.90. The van der Waals surface area contributed by atoms with Gasteiger partial charge in [-0.15, -0.1) is 0 Å². The number of hydrogen-bond donors (Lipinski definition) is 2. The normalized spacial score (nSPS) is 10.8. The molecule has 0 fully saturated rings. The highest BCUT2D eigenvalue weighted by atomic mass is 79.9. The van der Waals surface area contributed by atoms with Gasteiger partial charge in [0.2, 0.25) is 0 Å². The van der Waals surface area contributed by atoms with Crippen LogP contribution in [-0.2, 0) is 0 Å². The Hall–Kier alpha value is -1.17. The van der Waals surface area contributed by atoms with Crippen molar-refractivity contribution in [3.05, 3.63) is 20.8 Å². The Bertz CT molecular complexity index is 486. The fourth-order valence-corrected chi connectivity index (χ4v) is 1.36. The predicted octanol–water partition coefficient (Wildman–Crippen LogP) is 0.717. The van der Waals surface area contributed by atoms with E-state index >= 15 is 0 Å². The zero-order valence-corrected chi connectivity index (χ0v) is 7.77. The number of aromatic nitrogens is 4. The van der Waals surface area contributed by atoms with Gasteiger partial charge in [0.25, 0.3) is 5.56 Å². The summed E-state index contributed by atoms with van der Waals surface area (Å²) >= 11 is 3.20. The summed E-state index contributed by atoms with van der Waals surface area (Å²) in [5.41, 5.74) is 0.670. The van der Waals surface area contributed by atoms with Crippen molar-refractivity contribution >= 4 is 27.0 Å². The fourth-order valence-electron chi connectivity index (χ4n) is 0.994. The lowest BCUT2D eigenvalue weighted by molar-refractivity contribution is 1.05. The van der Waals surface area contributed by atoms with E-state index < -0.39 is 0 Å². The maximum absolute atomic E-state index is 11.2. The van der Waals surface area contributed by atoms with Crippen LogP contribution in [0.2, 0.25) is 0 Å².